The molecule has 0 saturated heterocycles. The van der Waals surface area contributed by atoms with Crippen molar-refractivity contribution in [1.82, 2.24) is 4.98 Å². The van der Waals surface area contributed by atoms with E-state index in [0.717, 1.165) is 40.1 Å². The van der Waals surface area contributed by atoms with E-state index in [1.165, 1.54) is 5.56 Å². The van der Waals surface area contributed by atoms with Crippen LogP contribution < -0.4 is 10.5 Å². The molecule has 0 bridgehead atoms. The van der Waals surface area contributed by atoms with Crippen molar-refractivity contribution >= 4 is 5.82 Å². The normalized spacial score (nSPS) is 10.4. The first-order valence-corrected chi connectivity index (χ1v) is 9.05. The van der Waals surface area contributed by atoms with E-state index in [1.54, 1.807) is 0 Å². The molecule has 1 aromatic heterocycles. The number of aryl methyl sites for hydroxylation is 2. The van der Waals surface area contributed by atoms with Crippen molar-refractivity contribution in [3.8, 4) is 34.2 Å². The maximum absolute atomic E-state index is 9.59. The lowest BCUT2D eigenvalue weighted by Gasteiger charge is -2.13. The van der Waals surface area contributed by atoms with Crippen LogP contribution in [-0.2, 0) is 0 Å². The Morgan fingerprint density at radius 3 is 2.41 bits per heavy atom. The van der Waals surface area contributed by atoms with Crippen molar-refractivity contribution in [1.29, 1.82) is 5.26 Å². The van der Waals surface area contributed by atoms with Crippen LogP contribution in [0.2, 0.25) is 0 Å². The zero-order valence-corrected chi connectivity index (χ0v) is 15.9. The second-order valence-corrected chi connectivity index (χ2v) is 6.62. The fourth-order valence-corrected chi connectivity index (χ4v) is 3.10. The summed E-state index contributed by atoms with van der Waals surface area (Å²) < 4.78 is 5.64. The number of hydrogen-bond acceptors (Lipinski definition) is 4. The number of nitrogens with zero attached hydrogens (tertiary/aromatic N) is 2. The van der Waals surface area contributed by atoms with Gasteiger partial charge in [0.1, 0.15) is 23.2 Å². The first-order valence-electron chi connectivity index (χ1n) is 9.05. The Hall–Kier alpha value is -3.32. The molecule has 1 heterocycles. The molecule has 2 aromatic carbocycles. The monoisotopic (exact) mass is 357 g/mol. The van der Waals surface area contributed by atoms with Crippen molar-refractivity contribution < 1.29 is 4.74 Å². The van der Waals surface area contributed by atoms with Crippen LogP contribution in [0.3, 0.4) is 0 Å². The topological polar surface area (TPSA) is 71.9 Å². The average Bonchev–Trinajstić information content (AvgIpc) is 2.66. The largest absolute Gasteiger partial charge is 0.494 e. The number of rotatable bonds is 5. The van der Waals surface area contributed by atoms with Crippen LogP contribution in [-0.4, -0.2) is 11.6 Å². The van der Waals surface area contributed by atoms with Gasteiger partial charge in [0, 0.05) is 11.1 Å². The van der Waals surface area contributed by atoms with Crippen molar-refractivity contribution in [3.05, 3.63) is 65.2 Å². The van der Waals surface area contributed by atoms with Crippen LogP contribution >= 0.6 is 0 Å². The summed E-state index contributed by atoms with van der Waals surface area (Å²) in [6.45, 7) is 6.87. The second-order valence-electron chi connectivity index (χ2n) is 6.62. The van der Waals surface area contributed by atoms with Crippen molar-refractivity contribution in [2.75, 3.05) is 12.3 Å². The Morgan fingerprint density at radius 2 is 1.78 bits per heavy atom. The SMILES string of the molecule is CCCOc1ccc(-c2cc(-c3ccc(C)cc3C)nc(N)c2C#N)cc1. The molecule has 0 atom stereocenters. The van der Waals surface area contributed by atoms with E-state index in [-0.39, 0.29) is 5.82 Å². The molecule has 27 heavy (non-hydrogen) atoms. The average molecular weight is 357 g/mol. The number of ether oxygens (including phenoxy) is 1. The Balaban J connectivity index is 2.09. The van der Waals surface area contributed by atoms with Gasteiger partial charge in [0.2, 0.25) is 0 Å². The van der Waals surface area contributed by atoms with E-state index >= 15 is 0 Å². The highest BCUT2D eigenvalue weighted by atomic mass is 16.5. The Labute approximate surface area is 160 Å². The van der Waals surface area contributed by atoms with Crippen LogP contribution in [0.25, 0.3) is 22.4 Å². The molecule has 0 aliphatic rings. The number of nitrogens with two attached hydrogens (primary N) is 1. The predicted octanol–water partition coefficient (Wildman–Crippen LogP) is 5.28. The van der Waals surface area contributed by atoms with Gasteiger partial charge in [0.25, 0.3) is 0 Å². The molecule has 4 heteroatoms. The molecule has 0 unspecified atom stereocenters. The Morgan fingerprint density at radius 1 is 1.04 bits per heavy atom. The number of aromatic nitrogens is 1. The summed E-state index contributed by atoms with van der Waals surface area (Å²) in [7, 11) is 0. The van der Waals surface area contributed by atoms with Crippen LogP contribution in [0.5, 0.6) is 5.75 Å². The molecule has 4 nitrogen and oxygen atoms in total. The van der Waals surface area contributed by atoms with Gasteiger partial charge in [-0.25, -0.2) is 4.98 Å². The van der Waals surface area contributed by atoms with Gasteiger partial charge in [0.15, 0.2) is 0 Å². The standard InChI is InChI=1S/C23H23N3O/c1-4-11-27-18-8-6-17(7-9-18)20-13-22(26-23(25)21(20)14-24)19-10-5-15(2)12-16(19)3/h5-10,12-13H,4,11H2,1-3H3,(H2,25,26). The molecule has 0 radical (unpaired) electrons. The molecule has 3 rings (SSSR count). The highest BCUT2D eigenvalue weighted by molar-refractivity contribution is 5.81. The number of benzene rings is 2. The van der Waals surface area contributed by atoms with Gasteiger partial charge in [0.05, 0.1) is 12.3 Å². The highest BCUT2D eigenvalue weighted by Crippen LogP contribution is 2.33. The quantitative estimate of drug-likeness (QED) is 0.675. The van der Waals surface area contributed by atoms with Gasteiger partial charge in [-0.05, 0) is 49.6 Å². The minimum Gasteiger partial charge on any atom is -0.494 e. The molecular weight excluding hydrogens is 334 g/mol. The number of nitriles is 1. The molecule has 136 valence electrons. The van der Waals surface area contributed by atoms with Crippen LogP contribution in [0.15, 0.2) is 48.5 Å². The fraction of sp³-hybridized carbons (Fsp3) is 0.217. The van der Waals surface area contributed by atoms with Gasteiger partial charge < -0.3 is 10.5 Å². The summed E-state index contributed by atoms with van der Waals surface area (Å²) >= 11 is 0. The third-order valence-corrected chi connectivity index (χ3v) is 4.46. The van der Waals surface area contributed by atoms with Crippen molar-refractivity contribution in [2.45, 2.75) is 27.2 Å². The van der Waals surface area contributed by atoms with E-state index in [0.29, 0.717) is 12.2 Å². The van der Waals surface area contributed by atoms with E-state index in [1.807, 2.05) is 36.4 Å². The minimum atomic E-state index is 0.247. The molecule has 0 fully saturated rings. The van der Waals surface area contributed by atoms with Gasteiger partial charge in [-0.15, -0.1) is 0 Å². The number of nitrogen functional groups attached to an aromatic ring is 1. The van der Waals surface area contributed by atoms with Crippen LogP contribution in [0.4, 0.5) is 5.82 Å². The third kappa shape index (κ3) is 3.93. The molecular formula is C23H23N3O. The van der Waals surface area contributed by atoms with E-state index < -0.39 is 0 Å². The van der Waals surface area contributed by atoms with Crippen molar-refractivity contribution in [3.63, 3.8) is 0 Å². The number of hydrogen-bond donors (Lipinski definition) is 1. The highest BCUT2D eigenvalue weighted by Gasteiger charge is 2.14. The minimum absolute atomic E-state index is 0.247. The lowest BCUT2D eigenvalue weighted by molar-refractivity contribution is 0.317. The smallest absolute Gasteiger partial charge is 0.142 e. The summed E-state index contributed by atoms with van der Waals surface area (Å²) in [6, 6.07) is 18.1. The van der Waals surface area contributed by atoms with Crippen LogP contribution in [0.1, 0.15) is 30.0 Å². The first-order chi connectivity index (χ1) is 13.0. The maximum Gasteiger partial charge on any atom is 0.142 e. The molecule has 0 saturated carbocycles. The first kappa shape index (κ1) is 18.5. The number of pyridine rings is 1. The lowest BCUT2D eigenvalue weighted by Crippen LogP contribution is -2.00. The van der Waals surface area contributed by atoms with Crippen LogP contribution in [0, 0.1) is 25.2 Å². The van der Waals surface area contributed by atoms with Gasteiger partial charge in [-0.3, -0.25) is 0 Å². The molecule has 0 amide bonds. The fourth-order valence-electron chi connectivity index (χ4n) is 3.10. The molecule has 0 aliphatic carbocycles. The Kier molecular flexibility index (Phi) is 5.42. The summed E-state index contributed by atoms with van der Waals surface area (Å²) in [5.41, 5.74) is 12.3. The lowest BCUT2D eigenvalue weighted by atomic mass is 9.96. The molecule has 0 aliphatic heterocycles. The van der Waals surface area contributed by atoms with E-state index in [2.05, 4.69) is 44.0 Å². The maximum atomic E-state index is 9.59. The van der Waals surface area contributed by atoms with Crippen molar-refractivity contribution in [2.24, 2.45) is 0 Å². The number of anilines is 1. The van der Waals surface area contributed by atoms with E-state index in [4.69, 9.17) is 10.5 Å². The summed E-state index contributed by atoms with van der Waals surface area (Å²) in [5, 5.41) is 9.59. The van der Waals surface area contributed by atoms with E-state index in [9.17, 15) is 5.26 Å². The van der Waals surface area contributed by atoms with Gasteiger partial charge in [-0.2, -0.15) is 5.26 Å². The van der Waals surface area contributed by atoms with Gasteiger partial charge in [-0.1, -0.05) is 42.8 Å². The van der Waals surface area contributed by atoms with Gasteiger partial charge >= 0.3 is 0 Å². The molecule has 0 spiro atoms. The third-order valence-electron chi connectivity index (χ3n) is 4.46. The summed E-state index contributed by atoms with van der Waals surface area (Å²) in [6.07, 6.45) is 0.959. The Bertz CT molecular complexity index is 1000. The summed E-state index contributed by atoms with van der Waals surface area (Å²) in [5.74, 6) is 1.06. The zero-order chi connectivity index (χ0) is 19.4. The predicted molar refractivity (Wildman–Crippen MR) is 109 cm³/mol. The zero-order valence-electron chi connectivity index (χ0n) is 15.9. The molecule has 2 N–H and O–H groups in total. The summed E-state index contributed by atoms with van der Waals surface area (Å²) in [4.78, 5) is 4.48. The second kappa shape index (κ2) is 7.92. The molecule has 3 aromatic rings.